The first-order chi connectivity index (χ1) is 32.9. The lowest BCUT2D eigenvalue weighted by atomic mass is 10.0. The molecule has 3 atom stereocenters. The van der Waals surface area contributed by atoms with Crippen LogP contribution in [0.25, 0.3) is 0 Å². The van der Waals surface area contributed by atoms with Gasteiger partial charge < -0.3 is 19.4 Å². The molecule has 0 saturated carbocycles. The van der Waals surface area contributed by atoms with Crippen molar-refractivity contribution in [2.45, 2.75) is 270 Å². The number of phosphoric acid groups is 1. The Morgan fingerprint density at radius 2 is 0.897 bits per heavy atom. The molecular formula is C58H110N2O7P+. The first-order valence-electron chi connectivity index (χ1n) is 28.5. The van der Waals surface area contributed by atoms with Gasteiger partial charge in [-0.05, 0) is 89.5 Å². The zero-order valence-electron chi connectivity index (χ0n) is 45.3. The van der Waals surface area contributed by atoms with Crippen molar-refractivity contribution in [3.05, 3.63) is 48.6 Å². The number of hydrogen-bond donors (Lipinski definition) is 2. The molecule has 0 aromatic heterocycles. The number of nitrogens with zero attached hydrogens (tertiary/aromatic N) is 1. The van der Waals surface area contributed by atoms with Crippen molar-refractivity contribution < 1.29 is 37.3 Å². The standard InChI is InChI=1S/C58H109N2O7P/c1-7-10-13-16-19-22-25-28-29-30-31-33-35-38-41-44-47-50-57(61)59-55(54-66-68(63,64)65-53-52-60(4,5)6)56(49-46-43-40-37-34-27-24-21-18-15-12-9-3)67-58(62)51-48-45-42-39-36-32-26-23-20-17-14-11-8-2/h19,22,28-29,32,36,46,49,55-56H,7-18,20-21,23-27,30-31,33-35,37-45,47-48,50-54H2,1-6H3,(H-,59,61,63,64)/p+1/b22-19-,29-28-,36-32-,49-46-. The summed E-state index contributed by atoms with van der Waals surface area (Å²) in [6.45, 7) is 6.96. The third kappa shape index (κ3) is 49.0. The number of phosphoric ester groups is 1. The Labute approximate surface area is 420 Å². The highest BCUT2D eigenvalue weighted by atomic mass is 31.2. The summed E-state index contributed by atoms with van der Waals surface area (Å²) in [5, 5.41) is 3.04. The number of amides is 1. The Morgan fingerprint density at radius 3 is 1.38 bits per heavy atom. The second-order valence-electron chi connectivity index (χ2n) is 20.5. The van der Waals surface area contributed by atoms with Gasteiger partial charge in [-0.15, -0.1) is 0 Å². The van der Waals surface area contributed by atoms with Gasteiger partial charge in [0.25, 0.3) is 0 Å². The Balaban J connectivity index is 5.38. The van der Waals surface area contributed by atoms with E-state index < -0.39 is 20.0 Å². The topological polar surface area (TPSA) is 111 Å². The van der Waals surface area contributed by atoms with Gasteiger partial charge in [-0.25, -0.2) is 4.57 Å². The van der Waals surface area contributed by atoms with E-state index in [9.17, 15) is 19.0 Å². The Bertz CT molecular complexity index is 1310. The van der Waals surface area contributed by atoms with E-state index >= 15 is 0 Å². The van der Waals surface area contributed by atoms with Crippen LogP contribution in [-0.4, -0.2) is 74.3 Å². The molecule has 10 heteroatoms. The number of hydrogen-bond acceptors (Lipinski definition) is 6. The maximum Gasteiger partial charge on any atom is 0.472 e. The van der Waals surface area contributed by atoms with Gasteiger partial charge in [0.2, 0.25) is 5.91 Å². The summed E-state index contributed by atoms with van der Waals surface area (Å²) < 4.78 is 30.6. The van der Waals surface area contributed by atoms with Crippen LogP contribution in [0.1, 0.15) is 258 Å². The lowest BCUT2D eigenvalue weighted by Crippen LogP contribution is -2.47. The molecule has 0 fully saturated rings. The number of allylic oxidation sites excluding steroid dienone is 7. The Kier molecular flexibility index (Phi) is 47.1. The van der Waals surface area contributed by atoms with Gasteiger partial charge in [0, 0.05) is 12.8 Å². The van der Waals surface area contributed by atoms with Crippen molar-refractivity contribution in [1.29, 1.82) is 0 Å². The summed E-state index contributed by atoms with van der Waals surface area (Å²) >= 11 is 0. The summed E-state index contributed by atoms with van der Waals surface area (Å²) in [4.78, 5) is 37.5. The van der Waals surface area contributed by atoms with Crippen molar-refractivity contribution in [3.63, 3.8) is 0 Å². The van der Waals surface area contributed by atoms with Crippen molar-refractivity contribution in [2.24, 2.45) is 0 Å². The van der Waals surface area contributed by atoms with E-state index in [-0.39, 0.29) is 31.5 Å². The molecule has 0 aliphatic rings. The molecular weight excluding hydrogens is 868 g/mol. The average Bonchev–Trinajstić information content (AvgIpc) is 3.29. The second-order valence-corrected chi connectivity index (χ2v) is 21.9. The number of ether oxygens (including phenoxy) is 1. The van der Waals surface area contributed by atoms with Crippen LogP contribution < -0.4 is 5.32 Å². The average molecular weight is 978 g/mol. The molecule has 68 heavy (non-hydrogen) atoms. The highest BCUT2D eigenvalue weighted by Gasteiger charge is 2.30. The summed E-state index contributed by atoms with van der Waals surface area (Å²) in [6.07, 6.45) is 58.1. The van der Waals surface area contributed by atoms with Crippen LogP contribution in [0.2, 0.25) is 0 Å². The normalized spacial score (nSPS) is 14.2. The van der Waals surface area contributed by atoms with Crippen LogP contribution >= 0.6 is 7.82 Å². The number of rotatable bonds is 51. The molecule has 0 spiro atoms. The van der Waals surface area contributed by atoms with Gasteiger partial charge in [-0.3, -0.25) is 18.6 Å². The minimum Gasteiger partial charge on any atom is -0.456 e. The van der Waals surface area contributed by atoms with E-state index in [0.717, 1.165) is 83.5 Å². The zero-order valence-corrected chi connectivity index (χ0v) is 46.2. The third-order valence-electron chi connectivity index (χ3n) is 12.5. The van der Waals surface area contributed by atoms with Gasteiger partial charge in [-0.1, -0.05) is 205 Å². The number of likely N-dealkylation sites (N-methyl/N-ethyl adjacent to an activating group) is 1. The fraction of sp³-hybridized carbons (Fsp3) is 0.828. The zero-order chi connectivity index (χ0) is 50.1. The quantitative estimate of drug-likeness (QED) is 0.0205. The van der Waals surface area contributed by atoms with Crippen molar-refractivity contribution in [3.8, 4) is 0 Å². The molecule has 0 aromatic carbocycles. The summed E-state index contributed by atoms with van der Waals surface area (Å²) in [5.74, 6) is -0.530. The number of carbonyl (C=O) groups is 2. The summed E-state index contributed by atoms with van der Waals surface area (Å²) in [7, 11) is 1.48. The minimum absolute atomic E-state index is 0.0363. The second kappa shape index (κ2) is 48.6. The molecule has 2 N–H and O–H groups in total. The molecule has 0 bridgehead atoms. The van der Waals surface area contributed by atoms with Crippen molar-refractivity contribution in [1.82, 2.24) is 5.32 Å². The molecule has 0 aliphatic carbocycles. The molecule has 0 radical (unpaired) electrons. The molecule has 0 aromatic rings. The number of nitrogens with one attached hydrogen (secondary N) is 1. The fourth-order valence-corrected chi connectivity index (χ4v) is 8.76. The lowest BCUT2D eigenvalue weighted by Gasteiger charge is -2.27. The molecule has 0 aliphatic heterocycles. The molecule has 9 nitrogen and oxygen atoms in total. The van der Waals surface area contributed by atoms with E-state index in [1.54, 1.807) is 0 Å². The van der Waals surface area contributed by atoms with Crippen LogP contribution in [-0.2, 0) is 27.9 Å². The van der Waals surface area contributed by atoms with Gasteiger partial charge in [0.15, 0.2) is 0 Å². The molecule has 398 valence electrons. The van der Waals surface area contributed by atoms with Gasteiger partial charge in [0.05, 0.1) is 33.8 Å². The molecule has 3 unspecified atom stereocenters. The van der Waals surface area contributed by atoms with Crippen LogP contribution in [0.15, 0.2) is 48.6 Å². The number of carbonyl (C=O) groups excluding carboxylic acids is 2. The van der Waals surface area contributed by atoms with Crippen molar-refractivity contribution >= 4 is 19.7 Å². The Morgan fingerprint density at radius 1 is 0.515 bits per heavy atom. The highest BCUT2D eigenvalue weighted by Crippen LogP contribution is 2.43. The number of unbranched alkanes of at least 4 members (excludes halogenated alkanes) is 29. The number of esters is 1. The SMILES string of the molecule is CCCCC/C=C\C/C=C\CCCCCCCCCC(=O)NC(COP(=O)(O)OCC[N+](C)(C)C)C(/C=C\CCCCCCCCCCCC)OC(=O)CCCCC/C=C\CCCCCCCC. The van der Waals surface area contributed by atoms with E-state index in [0.29, 0.717) is 23.9 Å². The van der Waals surface area contributed by atoms with Gasteiger partial charge in [-0.2, -0.15) is 0 Å². The van der Waals surface area contributed by atoms with E-state index in [1.807, 2.05) is 33.3 Å². The van der Waals surface area contributed by atoms with Gasteiger partial charge in [0.1, 0.15) is 19.3 Å². The smallest absolute Gasteiger partial charge is 0.456 e. The fourth-order valence-electron chi connectivity index (χ4n) is 8.02. The van der Waals surface area contributed by atoms with Crippen LogP contribution in [0.5, 0.6) is 0 Å². The molecule has 0 heterocycles. The molecule has 0 rings (SSSR count). The van der Waals surface area contributed by atoms with Gasteiger partial charge >= 0.3 is 13.8 Å². The first kappa shape index (κ1) is 66.0. The molecule has 0 saturated heterocycles. The van der Waals surface area contributed by atoms with Crippen LogP contribution in [0, 0.1) is 0 Å². The largest absolute Gasteiger partial charge is 0.472 e. The van der Waals surface area contributed by atoms with E-state index in [4.69, 9.17) is 13.8 Å². The monoisotopic (exact) mass is 978 g/mol. The molecule has 1 amide bonds. The highest BCUT2D eigenvalue weighted by molar-refractivity contribution is 7.47. The maximum atomic E-state index is 13.5. The maximum absolute atomic E-state index is 13.5. The summed E-state index contributed by atoms with van der Waals surface area (Å²) in [6, 6.07) is -0.856. The lowest BCUT2D eigenvalue weighted by molar-refractivity contribution is -0.870. The van der Waals surface area contributed by atoms with Crippen LogP contribution in [0.4, 0.5) is 0 Å². The predicted molar refractivity (Wildman–Crippen MR) is 291 cm³/mol. The van der Waals surface area contributed by atoms with Crippen molar-refractivity contribution in [2.75, 3.05) is 40.9 Å². The van der Waals surface area contributed by atoms with Crippen LogP contribution in [0.3, 0.4) is 0 Å². The van der Waals surface area contributed by atoms with E-state index in [1.165, 1.54) is 135 Å². The Hall–Kier alpha value is -2.03. The predicted octanol–water partition coefficient (Wildman–Crippen LogP) is 16.9. The number of quaternary nitrogens is 1. The first-order valence-corrected chi connectivity index (χ1v) is 30.0. The summed E-state index contributed by atoms with van der Waals surface area (Å²) in [5.41, 5.74) is 0. The van der Waals surface area contributed by atoms with E-state index in [2.05, 4.69) is 62.5 Å². The minimum atomic E-state index is -4.45. The third-order valence-corrected chi connectivity index (χ3v) is 13.5.